The SMILES string of the molecule is NC1=NC(N)(CCc2ccccc2)N=CN1. The Hall–Kier alpha value is -1.88. The van der Waals surface area contributed by atoms with Gasteiger partial charge in [0.05, 0.1) is 6.34 Å². The molecule has 0 aliphatic carbocycles. The van der Waals surface area contributed by atoms with Crippen LogP contribution >= 0.6 is 0 Å². The van der Waals surface area contributed by atoms with Crippen molar-refractivity contribution < 1.29 is 0 Å². The normalized spacial score (nSPS) is 23.7. The molecule has 16 heavy (non-hydrogen) atoms. The van der Waals surface area contributed by atoms with Crippen molar-refractivity contribution in [2.24, 2.45) is 21.5 Å². The fourth-order valence-electron chi connectivity index (χ4n) is 1.57. The monoisotopic (exact) mass is 217 g/mol. The zero-order chi connectivity index (χ0) is 11.4. The minimum atomic E-state index is -0.925. The molecule has 0 fully saturated rings. The predicted molar refractivity (Wildman–Crippen MR) is 64.9 cm³/mol. The summed E-state index contributed by atoms with van der Waals surface area (Å²) in [4.78, 5) is 8.19. The first kappa shape index (κ1) is 10.6. The van der Waals surface area contributed by atoms with Crippen molar-refractivity contribution in [1.29, 1.82) is 0 Å². The van der Waals surface area contributed by atoms with E-state index < -0.39 is 5.79 Å². The van der Waals surface area contributed by atoms with Gasteiger partial charge < -0.3 is 11.1 Å². The second-order valence-corrected chi connectivity index (χ2v) is 3.76. The molecule has 0 radical (unpaired) electrons. The first-order valence-corrected chi connectivity index (χ1v) is 5.16. The Labute approximate surface area is 94.3 Å². The molecule has 1 atom stereocenters. The number of hydrogen-bond donors (Lipinski definition) is 3. The number of nitrogens with one attached hydrogen (secondary N) is 1. The maximum absolute atomic E-state index is 5.99. The molecule has 1 aromatic carbocycles. The van der Waals surface area contributed by atoms with Crippen LogP contribution in [-0.4, -0.2) is 18.1 Å². The van der Waals surface area contributed by atoms with Crippen LogP contribution in [-0.2, 0) is 6.42 Å². The number of rotatable bonds is 3. The highest BCUT2D eigenvalue weighted by Gasteiger charge is 2.24. The van der Waals surface area contributed by atoms with Crippen LogP contribution in [0, 0.1) is 0 Å². The summed E-state index contributed by atoms with van der Waals surface area (Å²) >= 11 is 0. The smallest absolute Gasteiger partial charge is 0.207 e. The second kappa shape index (κ2) is 4.32. The zero-order valence-electron chi connectivity index (χ0n) is 8.93. The van der Waals surface area contributed by atoms with E-state index in [1.54, 1.807) is 0 Å². The highest BCUT2D eigenvalue weighted by atomic mass is 15.3. The third-order valence-electron chi connectivity index (χ3n) is 2.44. The van der Waals surface area contributed by atoms with E-state index >= 15 is 0 Å². The molecule has 1 aliphatic rings. The Balaban J connectivity index is 2.00. The molecule has 0 aromatic heterocycles. The van der Waals surface area contributed by atoms with Crippen molar-refractivity contribution in [3.63, 3.8) is 0 Å². The molecule has 5 N–H and O–H groups in total. The quantitative estimate of drug-likeness (QED) is 0.674. The molecule has 0 amide bonds. The van der Waals surface area contributed by atoms with Crippen LogP contribution in [0.1, 0.15) is 12.0 Å². The molecule has 0 spiro atoms. The van der Waals surface area contributed by atoms with Gasteiger partial charge in [-0.1, -0.05) is 30.3 Å². The summed E-state index contributed by atoms with van der Waals surface area (Å²) in [6, 6.07) is 10.1. The fourth-order valence-corrected chi connectivity index (χ4v) is 1.57. The summed E-state index contributed by atoms with van der Waals surface area (Å²) in [5.74, 6) is -0.615. The number of nitrogens with zero attached hydrogens (tertiary/aromatic N) is 2. The van der Waals surface area contributed by atoms with Crippen LogP contribution in [0.15, 0.2) is 40.3 Å². The van der Waals surface area contributed by atoms with Gasteiger partial charge in [-0.15, -0.1) is 0 Å². The van der Waals surface area contributed by atoms with Gasteiger partial charge in [-0.3, -0.25) is 5.73 Å². The van der Waals surface area contributed by atoms with Gasteiger partial charge in [0.2, 0.25) is 5.79 Å². The van der Waals surface area contributed by atoms with Crippen molar-refractivity contribution in [2.45, 2.75) is 18.6 Å². The van der Waals surface area contributed by atoms with Gasteiger partial charge in [-0.25, -0.2) is 9.98 Å². The molecule has 5 heteroatoms. The topological polar surface area (TPSA) is 88.8 Å². The van der Waals surface area contributed by atoms with Crippen molar-refractivity contribution in [3.05, 3.63) is 35.9 Å². The molecule has 0 saturated carbocycles. The Kier molecular flexibility index (Phi) is 2.87. The molecule has 1 heterocycles. The molecule has 2 rings (SSSR count). The van der Waals surface area contributed by atoms with Crippen molar-refractivity contribution >= 4 is 12.3 Å². The number of hydrogen-bond acceptors (Lipinski definition) is 5. The van der Waals surface area contributed by atoms with Gasteiger partial charge in [-0.05, 0) is 12.0 Å². The average Bonchev–Trinajstić information content (AvgIpc) is 2.28. The number of aliphatic imine (C=N–C) groups is 2. The van der Waals surface area contributed by atoms with Crippen LogP contribution in [0.5, 0.6) is 0 Å². The fraction of sp³-hybridized carbons (Fsp3) is 0.273. The Morgan fingerprint density at radius 1 is 1.25 bits per heavy atom. The lowest BCUT2D eigenvalue weighted by Crippen LogP contribution is -2.46. The van der Waals surface area contributed by atoms with Crippen molar-refractivity contribution in [3.8, 4) is 0 Å². The lowest BCUT2D eigenvalue weighted by atomic mass is 10.1. The lowest BCUT2D eigenvalue weighted by molar-refractivity contribution is 0.427. The number of guanidine groups is 1. The molecule has 1 aliphatic heterocycles. The Bertz CT molecular complexity index is 412. The summed E-state index contributed by atoms with van der Waals surface area (Å²) in [5.41, 5.74) is 12.8. The van der Waals surface area contributed by atoms with Crippen molar-refractivity contribution in [1.82, 2.24) is 5.32 Å². The van der Waals surface area contributed by atoms with E-state index in [0.717, 1.165) is 6.42 Å². The molecule has 84 valence electrons. The minimum absolute atomic E-state index is 0.311. The molecule has 0 bridgehead atoms. The molecule has 0 saturated heterocycles. The van der Waals surface area contributed by atoms with Crippen LogP contribution in [0.25, 0.3) is 0 Å². The van der Waals surface area contributed by atoms with E-state index in [-0.39, 0.29) is 0 Å². The number of aryl methyl sites for hydroxylation is 1. The van der Waals surface area contributed by atoms with Crippen LogP contribution in [0.2, 0.25) is 0 Å². The van der Waals surface area contributed by atoms with Crippen LogP contribution < -0.4 is 16.8 Å². The van der Waals surface area contributed by atoms with Gasteiger partial charge in [0.25, 0.3) is 0 Å². The Morgan fingerprint density at radius 2 is 2.00 bits per heavy atom. The summed E-state index contributed by atoms with van der Waals surface area (Å²) in [6.07, 6.45) is 2.95. The lowest BCUT2D eigenvalue weighted by Gasteiger charge is -2.23. The summed E-state index contributed by atoms with van der Waals surface area (Å²) in [6.45, 7) is 0. The zero-order valence-corrected chi connectivity index (χ0v) is 8.93. The maximum Gasteiger partial charge on any atom is 0.207 e. The van der Waals surface area contributed by atoms with Gasteiger partial charge in [0.15, 0.2) is 5.96 Å². The van der Waals surface area contributed by atoms with Gasteiger partial charge in [-0.2, -0.15) is 0 Å². The van der Waals surface area contributed by atoms with Crippen molar-refractivity contribution in [2.75, 3.05) is 0 Å². The van der Waals surface area contributed by atoms with E-state index in [9.17, 15) is 0 Å². The maximum atomic E-state index is 5.99. The van der Waals surface area contributed by atoms with Gasteiger partial charge >= 0.3 is 0 Å². The first-order chi connectivity index (χ1) is 7.68. The number of benzene rings is 1. The third kappa shape index (κ3) is 2.58. The number of nitrogens with two attached hydrogens (primary N) is 2. The highest BCUT2D eigenvalue weighted by molar-refractivity contribution is 5.90. The van der Waals surface area contributed by atoms with Gasteiger partial charge in [0, 0.05) is 6.42 Å². The van der Waals surface area contributed by atoms with E-state index in [1.807, 2.05) is 18.2 Å². The standard InChI is InChI=1S/C11H15N5/c12-10-14-8-15-11(13,16-10)7-6-9-4-2-1-3-5-9/h1-5,8H,6-7,13H2,(H3,12,14,15,16). The first-order valence-electron chi connectivity index (χ1n) is 5.16. The molecule has 1 aromatic rings. The predicted octanol–water partition coefficient (Wildman–Crippen LogP) is 0.178. The highest BCUT2D eigenvalue weighted by Crippen LogP contribution is 2.15. The van der Waals surface area contributed by atoms with Crippen LogP contribution in [0.4, 0.5) is 0 Å². The molecule has 5 nitrogen and oxygen atoms in total. The van der Waals surface area contributed by atoms with Crippen LogP contribution in [0.3, 0.4) is 0 Å². The summed E-state index contributed by atoms with van der Waals surface area (Å²) < 4.78 is 0. The van der Waals surface area contributed by atoms with Gasteiger partial charge in [0.1, 0.15) is 0 Å². The van der Waals surface area contributed by atoms with E-state index in [0.29, 0.717) is 12.4 Å². The third-order valence-corrected chi connectivity index (χ3v) is 2.44. The molecule has 1 unspecified atom stereocenters. The minimum Gasteiger partial charge on any atom is -0.370 e. The summed E-state index contributed by atoms with van der Waals surface area (Å²) in [7, 11) is 0. The summed E-state index contributed by atoms with van der Waals surface area (Å²) in [5, 5.41) is 2.69. The second-order valence-electron chi connectivity index (χ2n) is 3.76. The largest absolute Gasteiger partial charge is 0.370 e. The average molecular weight is 217 g/mol. The molecular formula is C11H15N5. The Morgan fingerprint density at radius 3 is 2.69 bits per heavy atom. The van der Waals surface area contributed by atoms with E-state index in [1.165, 1.54) is 11.9 Å². The molecular weight excluding hydrogens is 202 g/mol. The van der Waals surface area contributed by atoms with E-state index in [4.69, 9.17) is 11.5 Å². The van der Waals surface area contributed by atoms with E-state index in [2.05, 4.69) is 27.4 Å².